The molecule has 1 amide bonds. The molecular weight excluding hydrogens is 184 g/mol. The van der Waals surface area contributed by atoms with Crippen LogP contribution in [0.15, 0.2) is 11.4 Å². The quantitative estimate of drug-likeness (QED) is 0.402. The molecule has 1 unspecified atom stereocenters. The number of nitrogens with two attached hydrogens (primary N) is 1. The van der Waals surface area contributed by atoms with Crippen molar-refractivity contribution in [3.05, 3.63) is 21.9 Å². The van der Waals surface area contributed by atoms with E-state index in [-0.39, 0.29) is 11.8 Å². The third-order valence-electron chi connectivity index (χ3n) is 2.51. The number of thiophene rings is 1. The normalized spacial score (nSPS) is 20.8. The van der Waals surface area contributed by atoms with Crippen LogP contribution >= 0.6 is 11.3 Å². The molecule has 70 valence electrons. The van der Waals surface area contributed by atoms with Gasteiger partial charge in [-0.15, -0.1) is 11.3 Å². The van der Waals surface area contributed by atoms with Crippen LogP contribution in [0.25, 0.3) is 0 Å². The zero-order valence-electron chi connectivity index (χ0n) is 7.25. The molecule has 1 atom stereocenters. The standard InChI is InChI=1S/C9H12N2OS/c10-11-9(12)7-2-1-3-8-6(7)4-5-13-8/h4-5,7H,1-3,10H2,(H,11,12). The summed E-state index contributed by atoms with van der Waals surface area (Å²) in [6.45, 7) is 0. The summed E-state index contributed by atoms with van der Waals surface area (Å²) in [5.74, 6) is 5.06. The van der Waals surface area contributed by atoms with Gasteiger partial charge in [-0.25, -0.2) is 5.84 Å². The summed E-state index contributed by atoms with van der Waals surface area (Å²) in [7, 11) is 0. The molecule has 0 radical (unpaired) electrons. The minimum absolute atomic E-state index is 0.0139. The zero-order valence-corrected chi connectivity index (χ0v) is 8.06. The molecule has 0 aromatic carbocycles. The largest absolute Gasteiger partial charge is 0.294 e. The van der Waals surface area contributed by atoms with Crippen LogP contribution in [0.4, 0.5) is 0 Å². The van der Waals surface area contributed by atoms with E-state index < -0.39 is 0 Å². The molecule has 0 spiro atoms. The van der Waals surface area contributed by atoms with Gasteiger partial charge in [0.15, 0.2) is 0 Å². The minimum Gasteiger partial charge on any atom is -0.294 e. The van der Waals surface area contributed by atoms with Gasteiger partial charge in [0, 0.05) is 4.88 Å². The first-order valence-electron chi connectivity index (χ1n) is 4.39. The van der Waals surface area contributed by atoms with Crippen LogP contribution in [-0.2, 0) is 11.2 Å². The molecule has 3 nitrogen and oxygen atoms in total. The van der Waals surface area contributed by atoms with Crippen molar-refractivity contribution >= 4 is 17.2 Å². The number of hydrogen-bond donors (Lipinski definition) is 2. The highest BCUT2D eigenvalue weighted by Crippen LogP contribution is 2.34. The van der Waals surface area contributed by atoms with E-state index in [9.17, 15) is 4.79 Å². The maximum absolute atomic E-state index is 11.4. The van der Waals surface area contributed by atoms with E-state index in [2.05, 4.69) is 5.43 Å². The van der Waals surface area contributed by atoms with Crippen LogP contribution in [0.3, 0.4) is 0 Å². The van der Waals surface area contributed by atoms with E-state index in [4.69, 9.17) is 5.84 Å². The maximum Gasteiger partial charge on any atom is 0.241 e. The summed E-state index contributed by atoms with van der Waals surface area (Å²) in [5, 5.41) is 2.05. The fourth-order valence-electron chi connectivity index (χ4n) is 1.86. The molecule has 1 heterocycles. The van der Waals surface area contributed by atoms with Gasteiger partial charge in [-0.1, -0.05) is 0 Å². The third kappa shape index (κ3) is 1.47. The highest BCUT2D eigenvalue weighted by atomic mass is 32.1. The van der Waals surface area contributed by atoms with Gasteiger partial charge >= 0.3 is 0 Å². The number of amides is 1. The van der Waals surface area contributed by atoms with E-state index in [1.165, 1.54) is 10.4 Å². The first kappa shape index (κ1) is 8.72. The fourth-order valence-corrected chi connectivity index (χ4v) is 2.85. The molecule has 13 heavy (non-hydrogen) atoms. The highest BCUT2D eigenvalue weighted by molar-refractivity contribution is 7.10. The van der Waals surface area contributed by atoms with Crippen LogP contribution in [0, 0.1) is 0 Å². The summed E-state index contributed by atoms with van der Waals surface area (Å²) >= 11 is 1.74. The van der Waals surface area contributed by atoms with Gasteiger partial charge in [0.1, 0.15) is 0 Å². The van der Waals surface area contributed by atoms with Gasteiger partial charge in [-0.3, -0.25) is 10.2 Å². The van der Waals surface area contributed by atoms with E-state index in [0.717, 1.165) is 19.3 Å². The molecule has 0 fully saturated rings. The second-order valence-corrected chi connectivity index (χ2v) is 4.25. The minimum atomic E-state index is -0.0562. The van der Waals surface area contributed by atoms with Crippen LogP contribution in [-0.4, -0.2) is 5.91 Å². The Morgan fingerprint density at radius 2 is 2.54 bits per heavy atom. The number of carbonyl (C=O) groups excluding carboxylic acids is 1. The Morgan fingerprint density at radius 1 is 1.69 bits per heavy atom. The van der Waals surface area contributed by atoms with Gasteiger partial charge in [0.25, 0.3) is 0 Å². The lowest BCUT2D eigenvalue weighted by atomic mass is 9.87. The Bertz CT molecular complexity index is 321. The van der Waals surface area contributed by atoms with Crippen LogP contribution in [0.5, 0.6) is 0 Å². The molecule has 0 saturated carbocycles. The molecule has 0 bridgehead atoms. The van der Waals surface area contributed by atoms with E-state index in [1.807, 2.05) is 11.4 Å². The van der Waals surface area contributed by atoms with Crippen molar-refractivity contribution in [2.75, 3.05) is 0 Å². The molecule has 2 rings (SSSR count). The van der Waals surface area contributed by atoms with Gasteiger partial charge in [-0.2, -0.15) is 0 Å². The zero-order chi connectivity index (χ0) is 9.26. The van der Waals surface area contributed by atoms with Crippen molar-refractivity contribution in [2.45, 2.75) is 25.2 Å². The van der Waals surface area contributed by atoms with Crippen LogP contribution in [0.1, 0.15) is 29.2 Å². The lowest BCUT2D eigenvalue weighted by Gasteiger charge is -2.20. The maximum atomic E-state index is 11.4. The molecule has 1 aromatic rings. The summed E-state index contributed by atoms with van der Waals surface area (Å²) < 4.78 is 0. The van der Waals surface area contributed by atoms with Crippen LogP contribution < -0.4 is 11.3 Å². The second kappa shape index (κ2) is 3.47. The second-order valence-electron chi connectivity index (χ2n) is 3.25. The first-order valence-corrected chi connectivity index (χ1v) is 5.27. The number of nitrogens with one attached hydrogen (secondary N) is 1. The van der Waals surface area contributed by atoms with Crippen molar-refractivity contribution in [3.63, 3.8) is 0 Å². The average molecular weight is 196 g/mol. The molecule has 3 N–H and O–H groups in total. The van der Waals surface area contributed by atoms with Gasteiger partial charge in [0.05, 0.1) is 5.92 Å². The van der Waals surface area contributed by atoms with E-state index in [1.54, 1.807) is 11.3 Å². The van der Waals surface area contributed by atoms with Gasteiger partial charge in [-0.05, 0) is 36.3 Å². The summed E-state index contributed by atoms with van der Waals surface area (Å²) in [5.41, 5.74) is 3.41. The molecule has 0 aliphatic heterocycles. The third-order valence-corrected chi connectivity index (χ3v) is 3.51. The Hall–Kier alpha value is -0.870. The van der Waals surface area contributed by atoms with Crippen molar-refractivity contribution in [1.29, 1.82) is 0 Å². The molecule has 1 aliphatic carbocycles. The topological polar surface area (TPSA) is 55.1 Å². The van der Waals surface area contributed by atoms with E-state index >= 15 is 0 Å². The molecule has 4 heteroatoms. The average Bonchev–Trinajstić information content (AvgIpc) is 2.63. The van der Waals surface area contributed by atoms with Crippen molar-refractivity contribution in [3.8, 4) is 0 Å². The number of hydrogen-bond acceptors (Lipinski definition) is 3. The van der Waals surface area contributed by atoms with E-state index in [0.29, 0.717) is 0 Å². The number of hydrazine groups is 1. The monoisotopic (exact) mass is 196 g/mol. The predicted octanol–water partition coefficient (Wildman–Crippen LogP) is 1.16. The van der Waals surface area contributed by atoms with Crippen LogP contribution in [0.2, 0.25) is 0 Å². The summed E-state index contributed by atoms with van der Waals surface area (Å²) in [6.07, 6.45) is 3.12. The Labute approximate surface area is 80.9 Å². The SMILES string of the molecule is NNC(=O)C1CCCc2sccc21. The molecule has 0 saturated heterocycles. The Morgan fingerprint density at radius 3 is 3.31 bits per heavy atom. The number of aryl methyl sites for hydroxylation is 1. The smallest absolute Gasteiger partial charge is 0.241 e. The number of rotatable bonds is 1. The van der Waals surface area contributed by atoms with Gasteiger partial charge < -0.3 is 0 Å². The summed E-state index contributed by atoms with van der Waals surface area (Å²) in [4.78, 5) is 12.7. The number of fused-ring (bicyclic) bond motifs is 1. The molecule has 1 aromatic heterocycles. The van der Waals surface area contributed by atoms with Crippen molar-refractivity contribution < 1.29 is 4.79 Å². The Balaban J connectivity index is 2.30. The lowest BCUT2D eigenvalue weighted by molar-refractivity contribution is -0.122. The summed E-state index contributed by atoms with van der Waals surface area (Å²) in [6, 6.07) is 2.04. The first-order chi connectivity index (χ1) is 6.33. The molecule has 1 aliphatic rings. The lowest BCUT2D eigenvalue weighted by Crippen LogP contribution is -2.35. The van der Waals surface area contributed by atoms with Gasteiger partial charge in [0.2, 0.25) is 5.91 Å². The van der Waals surface area contributed by atoms with Crippen molar-refractivity contribution in [2.24, 2.45) is 5.84 Å². The number of carbonyl (C=O) groups is 1. The molecular formula is C9H12N2OS. The van der Waals surface area contributed by atoms with Crippen molar-refractivity contribution in [1.82, 2.24) is 5.43 Å². The predicted molar refractivity (Wildman–Crippen MR) is 52.3 cm³/mol. The fraction of sp³-hybridized carbons (Fsp3) is 0.444. The Kier molecular flexibility index (Phi) is 2.33. The highest BCUT2D eigenvalue weighted by Gasteiger charge is 2.26.